The monoisotopic (exact) mass is 388 g/mol. The van der Waals surface area contributed by atoms with Crippen molar-refractivity contribution in [2.45, 2.75) is 58.5 Å². The predicted molar refractivity (Wildman–Crippen MR) is 111 cm³/mol. The Morgan fingerprint density at radius 2 is 1.75 bits per heavy atom. The summed E-state index contributed by atoms with van der Waals surface area (Å²) in [5.41, 5.74) is 0.949. The number of phenols is 1. The second kappa shape index (κ2) is 11.6. The highest BCUT2D eigenvalue weighted by molar-refractivity contribution is 5.67. The fourth-order valence-electron chi connectivity index (χ4n) is 3.01. The maximum absolute atomic E-state index is 14.4. The average molecular weight is 388 g/mol. The van der Waals surface area contributed by atoms with Crippen LogP contribution in [-0.4, -0.2) is 17.8 Å². The van der Waals surface area contributed by atoms with E-state index in [2.05, 4.69) is 13.8 Å². The predicted octanol–water partition coefficient (Wildman–Crippen LogP) is 7.12. The summed E-state index contributed by atoms with van der Waals surface area (Å²) in [4.78, 5) is 0. The molecule has 0 fully saturated rings. The van der Waals surface area contributed by atoms with E-state index in [1.165, 1.54) is 25.0 Å². The van der Waals surface area contributed by atoms with Gasteiger partial charge in [-0.15, -0.1) is 0 Å². The normalized spacial score (nSPS) is 12.6. The number of hydrogen-bond acceptors (Lipinski definition) is 2. The van der Waals surface area contributed by atoms with Gasteiger partial charge in [0.1, 0.15) is 5.75 Å². The first kappa shape index (κ1) is 22.1. The first-order valence-corrected chi connectivity index (χ1v) is 10.1. The molecule has 4 heteroatoms. The van der Waals surface area contributed by atoms with Gasteiger partial charge in [-0.2, -0.15) is 0 Å². The second-order valence-electron chi connectivity index (χ2n) is 7.10. The molecule has 152 valence electrons. The molecule has 0 heterocycles. The van der Waals surface area contributed by atoms with Crippen molar-refractivity contribution in [3.05, 3.63) is 59.7 Å². The van der Waals surface area contributed by atoms with Crippen molar-refractivity contribution in [3.63, 3.8) is 0 Å². The molecule has 0 saturated carbocycles. The molecule has 2 rings (SSSR count). The molecular weight excluding hydrogens is 358 g/mol. The fourth-order valence-corrected chi connectivity index (χ4v) is 3.01. The van der Waals surface area contributed by atoms with Crippen molar-refractivity contribution in [1.29, 1.82) is 0 Å². The van der Waals surface area contributed by atoms with E-state index in [0.29, 0.717) is 5.56 Å². The Balaban J connectivity index is 1.85. The molecule has 2 aromatic carbocycles. The number of halogens is 2. The second-order valence-corrected chi connectivity index (χ2v) is 7.10. The van der Waals surface area contributed by atoms with Crippen LogP contribution in [0.4, 0.5) is 8.78 Å². The van der Waals surface area contributed by atoms with Crippen molar-refractivity contribution >= 4 is 6.08 Å². The Hall–Kier alpha value is -2.20. The van der Waals surface area contributed by atoms with Gasteiger partial charge in [0.05, 0.1) is 6.10 Å². The molecule has 0 spiro atoms. The van der Waals surface area contributed by atoms with Gasteiger partial charge in [0.2, 0.25) is 0 Å². The Morgan fingerprint density at radius 3 is 2.46 bits per heavy atom. The summed E-state index contributed by atoms with van der Waals surface area (Å²) in [5.74, 6) is -1.64. The largest absolute Gasteiger partial charge is 0.508 e. The SMILES string of the molecule is CCCCCOC(C)CCCC=Cc1ccc(-c2ccc(O)cc2)c(F)c1F. The highest BCUT2D eigenvalue weighted by Gasteiger charge is 2.13. The van der Waals surface area contributed by atoms with Crippen LogP contribution in [0.25, 0.3) is 17.2 Å². The summed E-state index contributed by atoms with van der Waals surface area (Å²) >= 11 is 0. The van der Waals surface area contributed by atoms with E-state index in [4.69, 9.17) is 4.74 Å². The molecule has 0 aliphatic carbocycles. The quantitative estimate of drug-likeness (QED) is 0.415. The number of aromatic hydroxyl groups is 1. The average Bonchev–Trinajstić information content (AvgIpc) is 2.69. The van der Waals surface area contributed by atoms with Crippen LogP contribution in [0.3, 0.4) is 0 Å². The van der Waals surface area contributed by atoms with Gasteiger partial charge in [-0.1, -0.05) is 56.2 Å². The smallest absolute Gasteiger partial charge is 0.167 e. The summed E-state index contributed by atoms with van der Waals surface area (Å²) in [6.45, 7) is 5.06. The zero-order valence-corrected chi connectivity index (χ0v) is 16.8. The lowest BCUT2D eigenvalue weighted by Crippen LogP contribution is -2.08. The van der Waals surface area contributed by atoms with Gasteiger partial charge >= 0.3 is 0 Å². The van der Waals surface area contributed by atoms with Gasteiger partial charge in [-0.05, 0) is 50.3 Å². The standard InChI is InChI=1S/C24H30F2O2/c1-3-4-8-17-28-18(2)9-6-5-7-10-20-13-16-22(24(26)23(20)25)19-11-14-21(27)15-12-19/h7,10-16,18,27H,3-6,8-9,17H2,1-2H3. The number of unbranched alkanes of at least 4 members (excludes halogenated alkanes) is 3. The lowest BCUT2D eigenvalue weighted by molar-refractivity contribution is 0.0566. The molecule has 2 aromatic rings. The molecule has 1 atom stereocenters. The van der Waals surface area contributed by atoms with E-state index in [9.17, 15) is 13.9 Å². The number of benzene rings is 2. The van der Waals surface area contributed by atoms with Crippen LogP contribution in [0.5, 0.6) is 5.75 Å². The summed E-state index contributed by atoms with van der Waals surface area (Å²) in [5, 5.41) is 9.33. The molecule has 0 aliphatic heterocycles. The van der Waals surface area contributed by atoms with Crippen LogP contribution >= 0.6 is 0 Å². The minimum absolute atomic E-state index is 0.0878. The zero-order chi connectivity index (χ0) is 20.4. The fraction of sp³-hybridized carbons (Fsp3) is 0.417. The Bertz CT molecular complexity index is 754. The minimum atomic E-state index is -0.873. The van der Waals surface area contributed by atoms with Crippen LogP contribution in [0.15, 0.2) is 42.5 Å². The van der Waals surface area contributed by atoms with Crippen molar-refractivity contribution in [2.75, 3.05) is 6.61 Å². The van der Waals surface area contributed by atoms with E-state index in [-0.39, 0.29) is 23.0 Å². The third kappa shape index (κ3) is 6.75. The van der Waals surface area contributed by atoms with Crippen LogP contribution < -0.4 is 0 Å². The highest BCUT2D eigenvalue weighted by Crippen LogP contribution is 2.28. The molecule has 0 aromatic heterocycles. The number of phenolic OH excluding ortho intramolecular Hbond substituents is 1. The summed E-state index contributed by atoms with van der Waals surface area (Å²) in [6, 6.07) is 9.18. The molecule has 0 bridgehead atoms. The maximum atomic E-state index is 14.4. The first-order valence-electron chi connectivity index (χ1n) is 10.1. The van der Waals surface area contributed by atoms with Gasteiger partial charge in [-0.3, -0.25) is 0 Å². The Morgan fingerprint density at radius 1 is 1.00 bits per heavy atom. The highest BCUT2D eigenvalue weighted by atomic mass is 19.2. The van der Waals surface area contributed by atoms with Crippen molar-refractivity contribution in [3.8, 4) is 16.9 Å². The molecule has 0 radical (unpaired) electrons. The van der Waals surface area contributed by atoms with E-state index in [1.54, 1.807) is 30.3 Å². The van der Waals surface area contributed by atoms with Crippen molar-refractivity contribution in [1.82, 2.24) is 0 Å². The Labute approximate surface area is 166 Å². The Kier molecular flexibility index (Phi) is 9.15. The van der Waals surface area contributed by atoms with Crippen LogP contribution in [0.1, 0.15) is 57.9 Å². The van der Waals surface area contributed by atoms with Crippen LogP contribution in [-0.2, 0) is 4.74 Å². The van der Waals surface area contributed by atoms with E-state index >= 15 is 0 Å². The van der Waals surface area contributed by atoms with Crippen molar-refractivity contribution < 1.29 is 18.6 Å². The van der Waals surface area contributed by atoms with E-state index in [0.717, 1.165) is 32.3 Å². The van der Waals surface area contributed by atoms with Gasteiger partial charge in [-0.25, -0.2) is 8.78 Å². The third-order valence-corrected chi connectivity index (χ3v) is 4.72. The van der Waals surface area contributed by atoms with Crippen LogP contribution in [0, 0.1) is 11.6 Å². The molecular formula is C24H30F2O2. The van der Waals surface area contributed by atoms with Crippen LogP contribution in [0.2, 0.25) is 0 Å². The summed E-state index contributed by atoms with van der Waals surface area (Å²) in [7, 11) is 0. The van der Waals surface area contributed by atoms with E-state index < -0.39 is 11.6 Å². The number of rotatable bonds is 11. The molecule has 0 aliphatic rings. The lowest BCUT2D eigenvalue weighted by Gasteiger charge is -2.12. The lowest BCUT2D eigenvalue weighted by atomic mass is 10.0. The number of hydrogen-bond donors (Lipinski definition) is 1. The summed E-state index contributed by atoms with van der Waals surface area (Å²) in [6.07, 6.45) is 9.92. The molecule has 28 heavy (non-hydrogen) atoms. The molecule has 0 amide bonds. The molecule has 1 N–H and O–H groups in total. The zero-order valence-electron chi connectivity index (χ0n) is 16.8. The van der Waals surface area contributed by atoms with Gasteiger partial charge in [0, 0.05) is 17.7 Å². The number of ether oxygens (including phenoxy) is 1. The van der Waals surface area contributed by atoms with Gasteiger partial charge in [0.15, 0.2) is 11.6 Å². The van der Waals surface area contributed by atoms with E-state index in [1.807, 2.05) is 6.08 Å². The number of allylic oxidation sites excluding steroid dienone is 1. The maximum Gasteiger partial charge on any atom is 0.167 e. The molecule has 0 saturated heterocycles. The molecule has 2 nitrogen and oxygen atoms in total. The van der Waals surface area contributed by atoms with Gasteiger partial charge in [0.25, 0.3) is 0 Å². The minimum Gasteiger partial charge on any atom is -0.508 e. The third-order valence-electron chi connectivity index (χ3n) is 4.72. The molecule has 1 unspecified atom stereocenters. The topological polar surface area (TPSA) is 29.5 Å². The van der Waals surface area contributed by atoms with Gasteiger partial charge < -0.3 is 9.84 Å². The first-order chi connectivity index (χ1) is 13.5. The van der Waals surface area contributed by atoms with Crippen molar-refractivity contribution in [2.24, 2.45) is 0 Å². The summed E-state index contributed by atoms with van der Waals surface area (Å²) < 4.78 is 34.5.